The first-order valence-corrected chi connectivity index (χ1v) is 5.88. The van der Waals surface area contributed by atoms with Gasteiger partial charge in [0.25, 0.3) is 0 Å². The Morgan fingerprint density at radius 3 is 1.07 bits per heavy atom. The first kappa shape index (κ1) is 18.0. The second kappa shape index (κ2) is 7.02. The summed E-state index contributed by atoms with van der Waals surface area (Å²) in [6.45, 7) is 0. The van der Waals surface area contributed by atoms with Crippen molar-refractivity contribution in [1.82, 2.24) is 0 Å². The predicted molar refractivity (Wildman–Crippen MR) is 69.9 cm³/mol. The molecular weight excluding hydrogens is 649 g/mol. The average Bonchev–Trinajstić information content (AvgIpc) is 2.08. The molecule has 1 aromatic rings. The molecule has 0 aliphatic heterocycles. The number of halogens is 4. The quantitative estimate of drug-likeness (QED) is 0.196. The van der Waals surface area contributed by atoms with Crippen molar-refractivity contribution in [2.24, 2.45) is 0 Å². The molecular formula is C6H4BiBr4O3. The minimum Gasteiger partial charge on any atom is -0.503 e. The third-order valence-corrected chi connectivity index (χ3v) is 5.94. The number of phenols is 2. The summed E-state index contributed by atoms with van der Waals surface area (Å²) < 4.78 is 2.11. The molecule has 79 valence electrons. The molecule has 0 heterocycles. The molecule has 0 bridgehead atoms. The van der Waals surface area contributed by atoms with Crippen LogP contribution in [0.5, 0.6) is 11.5 Å². The SMILES string of the molecule is O.Oc1c(O)c(Br)c(Br)c(Br)c1Br.[Bi]. The van der Waals surface area contributed by atoms with Crippen LogP contribution in [0.4, 0.5) is 0 Å². The second-order valence-corrected chi connectivity index (χ2v) is 5.13. The molecule has 1 rings (SSSR count). The van der Waals surface area contributed by atoms with Crippen LogP contribution in [0.15, 0.2) is 17.9 Å². The van der Waals surface area contributed by atoms with Crippen LogP contribution < -0.4 is 0 Å². The van der Waals surface area contributed by atoms with Crippen molar-refractivity contribution in [3.8, 4) is 11.5 Å². The van der Waals surface area contributed by atoms with Gasteiger partial charge in [-0.05, 0) is 63.7 Å². The van der Waals surface area contributed by atoms with Crippen molar-refractivity contribution in [2.45, 2.75) is 0 Å². The van der Waals surface area contributed by atoms with Crippen LogP contribution in [0.3, 0.4) is 0 Å². The standard InChI is InChI=1S/C6H2Br4O2.Bi.H2O/c7-1-2(8)4(10)6(12)5(11)3(1)9;;/h11-12H;;1H2. The Hall–Kier alpha value is 1.58. The van der Waals surface area contributed by atoms with Gasteiger partial charge in [0.2, 0.25) is 0 Å². The minimum atomic E-state index is -0.197. The Labute approximate surface area is 133 Å². The van der Waals surface area contributed by atoms with Crippen molar-refractivity contribution in [2.75, 3.05) is 0 Å². The van der Waals surface area contributed by atoms with Crippen molar-refractivity contribution in [3.63, 3.8) is 0 Å². The molecule has 0 saturated heterocycles. The fraction of sp³-hybridized carbons (Fsp3) is 0. The largest absolute Gasteiger partial charge is 0.503 e. The molecule has 0 amide bonds. The van der Waals surface area contributed by atoms with Gasteiger partial charge in [-0.15, -0.1) is 0 Å². The zero-order valence-corrected chi connectivity index (χ0v) is 16.2. The summed E-state index contributed by atoms with van der Waals surface area (Å²) in [5.74, 6) is -0.395. The fourth-order valence-corrected chi connectivity index (χ4v) is 2.68. The number of hydrogen-bond donors (Lipinski definition) is 2. The molecule has 3 radical (unpaired) electrons. The molecule has 14 heavy (non-hydrogen) atoms. The minimum absolute atomic E-state index is 0. The zero-order chi connectivity index (χ0) is 9.46. The van der Waals surface area contributed by atoms with Gasteiger partial charge in [-0.3, -0.25) is 0 Å². The van der Waals surface area contributed by atoms with E-state index >= 15 is 0 Å². The molecule has 0 fully saturated rings. The van der Waals surface area contributed by atoms with E-state index in [1.165, 1.54) is 0 Å². The Kier molecular flexibility index (Phi) is 9.00. The summed E-state index contributed by atoms with van der Waals surface area (Å²) in [6.07, 6.45) is 0. The normalized spacial score (nSPS) is 8.86. The maximum Gasteiger partial charge on any atom is 0.174 e. The molecule has 0 saturated carbocycles. The fourth-order valence-electron chi connectivity index (χ4n) is 0.609. The Morgan fingerprint density at radius 2 is 0.857 bits per heavy atom. The van der Waals surface area contributed by atoms with E-state index in [-0.39, 0.29) is 43.2 Å². The van der Waals surface area contributed by atoms with Gasteiger partial charge < -0.3 is 15.7 Å². The average molecular weight is 653 g/mol. The third-order valence-electron chi connectivity index (χ3n) is 1.22. The van der Waals surface area contributed by atoms with E-state index in [1.807, 2.05) is 0 Å². The topological polar surface area (TPSA) is 72.0 Å². The van der Waals surface area contributed by atoms with Crippen LogP contribution >= 0.6 is 63.7 Å². The first-order chi connectivity index (χ1) is 5.46. The van der Waals surface area contributed by atoms with Gasteiger partial charge in [-0.25, -0.2) is 0 Å². The van der Waals surface area contributed by atoms with E-state index in [9.17, 15) is 10.2 Å². The van der Waals surface area contributed by atoms with Gasteiger partial charge >= 0.3 is 0 Å². The van der Waals surface area contributed by atoms with Crippen LogP contribution in [0, 0.1) is 0 Å². The van der Waals surface area contributed by atoms with Crippen LogP contribution in [0.2, 0.25) is 0 Å². The summed E-state index contributed by atoms with van der Waals surface area (Å²) in [7, 11) is 0. The van der Waals surface area contributed by atoms with Gasteiger partial charge in [0.1, 0.15) is 0 Å². The zero-order valence-electron chi connectivity index (χ0n) is 6.35. The van der Waals surface area contributed by atoms with E-state index < -0.39 is 0 Å². The summed E-state index contributed by atoms with van der Waals surface area (Å²) in [5, 5.41) is 18.6. The van der Waals surface area contributed by atoms with E-state index in [0.717, 1.165) is 0 Å². The number of rotatable bonds is 0. The third kappa shape index (κ3) is 3.29. The van der Waals surface area contributed by atoms with Gasteiger partial charge in [0.05, 0.1) is 17.9 Å². The van der Waals surface area contributed by atoms with Crippen LogP contribution in [0.25, 0.3) is 0 Å². The monoisotopic (exact) mass is 649 g/mol. The molecule has 0 aromatic heterocycles. The Morgan fingerprint density at radius 1 is 0.643 bits per heavy atom. The van der Waals surface area contributed by atoms with E-state index in [4.69, 9.17) is 0 Å². The molecule has 3 nitrogen and oxygen atoms in total. The molecule has 0 unspecified atom stereocenters. The number of benzene rings is 1. The smallest absolute Gasteiger partial charge is 0.174 e. The summed E-state index contributed by atoms with van der Waals surface area (Å²) in [4.78, 5) is 0. The Balaban J connectivity index is 0. The molecule has 0 spiro atoms. The first-order valence-electron chi connectivity index (χ1n) is 2.70. The number of aromatic hydroxyl groups is 2. The second-order valence-electron chi connectivity index (χ2n) is 1.95. The maximum absolute atomic E-state index is 9.31. The van der Waals surface area contributed by atoms with E-state index in [2.05, 4.69) is 63.7 Å². The van der Waals surface area contributed by atoms with Crippen LogP contribution in [0.1, 0.15) is 0 Å². The van der Waals surface area contributed by atoms with Crippen molar-refractivity contribution in [3.05, 3.63) is 17.9 Å². The summed E-state index contributed by atoms with van der Waals surface area (Å²) in [6, 6.07) is 0. The predicted octanol–water partition coefficient (Wildman–Crippen LogP) is 2.94. The van der Waals surface area contributed by atoms with Gasteiger partial charge in [-0.2, -0.15) is 0 Å². The van der Waals surface area contributed by atoms with Crippen molar-refractivity contribution >= 4 is 89.9 Å². The van der Waals surface area contributed by atoms with Gasteiger partial charge in [0, 0.05) is 26.2 Å². The van der Waals surface area contributed by atoms with Crippen LogP contribution in [-0.4, -0.2) is 41.9 Å². The molecule has 1 aromatic carbocycles. The molecule has 0 aliphatic rings. The summed E-state index contributed by atoms with van der Waals surface area (Å²) in [5.41, 5.74) is 0. The van der Waals surface area contributed by atoms with Crippen molar-refractivity contribution in [1.29, 1.82) is 0 Å². The Bertz CT molecular complexity index is 239. The summed E-state index contributed by atoms with van der Waals surface area (Å²) >= 11 is 12.7. The molecule has 0 aliphatic carbocycles. The van der Waals surface area contributed by atoms with Crippen LogP contribution in [-0.2, 0) is 0 Å². The maximum atomic E-state index is 9.31. The number of hydrogen-bond acceptors (Lipinski definition) is 2. The van der Waals surface area contributed by atoms with E-state index in [1.54, 1.807) is 0 Å². The number of phenolic OH excluding ortho intramolecular Hbond substituents is 2. The van der Waals surface area contributed by atoms with Crippen molar-refractivity contribution < 1.29 is 15.7 Å². The van der Waals surface area contributed by atoms with Gasteiger partial charge in [-0.1, -0.05) is 0 Å². The van der Waals surface area contributed by atoms with Gasteiger partial charge in [0.15, 0.2) is 11.5 Å². The molecule has 8 heteroatoms. The molecule has 4 N–H and O–H groups in total. The van der Waals surface area contributed by atoms with E-state index in [0.29, 0.717) is 17.9 Å². The molecule has 0 atom stereocenters.